The minimum absolute atomic E-state index is 0.0218. The van der Waals surface area contributed by atoms with Gasteiger partial charge in [-0.2, -0.15) is 5.26 Å². The highest BCUT2D eigenvalue weighted by Gasteiger charge is 2.24. The molecule has 0 N–H and O–H groups in total. The van der Waals surface area contributed by atoms with Crippen LogP contribution in [0.4, 0.5) is 13.2 Å². The second-order valence-electron chi connectivity index (χ2n) is 5.08. The van der Waals surface area contributed by atoms with Gasteiger partial charge in [0.15, 0.2) is 11.6 Å². The van der Waals surface area contributed by atoms with Gasteiger partial charge in [-0.25, -0.2) is 13.2 Å². The van der Waals surface area contributed by atoms with Gasteiger partial charge in [0.2, 0.25) is 0 Å². The molecule has 0 aliphatic carbocycles. The van der Waals surface area contributed by atoms with Gasteiger partial charge in [0.1, 0.15) is 10.6 Å². The summed E-state index contributed by atoms with van der Waals surface area (Å²) >= 11 is 3.06. The summed E-state index contributed by atoms with van der Waals surface area (Å²) in [6.45, 7) is 1.76. The summed E-state index contributed by atoms with van der Waals surface area (Å²) in [6, 6.07) is 9.11. The summed E-state index contributed by atoms with van der Waals surface area (Å²) in [4.78, 5) is 10.7. The monoisotopic (exact) mass is 427 g/mol. The summed E-state index contributed by atoms with van der Waals surface area (Å²) in [5.41, 5.74) is -0.480. The van der Waals surface area contributed by atoms with E-state index in [4.69, 9.17) is 14.7 Å². The highest BCUT2D eigenvalue weighted by Crippen LogP contribution is 2.34. The van der Waals surface area contributed by atoms with Crippen LogP contribution in [0, 0.1) is 17.1 Å². The first-order chi connectivity index (χ1) is 12.4. The van der Waals surface area contributed by atoms with E-state index < -0.39 is 28.6 Å². The molecule has 0 amide bonds. The second-order valence-corrected chi connectivity index (χ2v) is 5.99. The van der Waals surface area contributed by atoms with Crippen LogP contribution in [0.1, 0.15) is 34.9 Å². The first-order valence-corrected chi connectivity index (χ1v) is 8.39. The number of alkyl halides is 3. The summed E-state index contributed by atoms with van der Waals surface area (Å²) in [5, 5.41) is 8.94. The van der Waals surface area contributed by atoms with Crippen molar-refractivity contribution in [2.45, 2.75) is 18.2 Å². The number of nitriles is 1. The van der Waals surface area contributed by atoms with Gasteiger partial charge in [-0.3, -0.25) is 4.79 Å². The molecule has 2 rings (SSSR count). The molecule has 0 saturated heterocycles. The Labute approximate surface area is 156 Å². The smallest absolute Gasteiger partial charge is 0.324 e. The SMILES string of the molecule is CCOC(=O)C(Br)c1cccc(Oc2cc(C#N)cc(C(F)F)c2)c1F. The van der Waals surface area contributed by atoms with Crippen LogP contribution in [0.2, 0.25) is 0 Å². The van der Waals surface area contributed by atoms with E-state index in [1.165, 1.54) is 24.3 Å². The van der Waals surface area contributed by atoms with Crippen molar-refractivity contribution in [3.63, 3.8) is 0 Å². The van der Waals surface area contributed by atoms with Crippen LogP contribution in [-0.4, -0.2) is 12.6 Å². The van der Waals surface area contributed by atoms with Crippen molar-refractivity contribution >= 4 is 21.9 Å². The van der Waals surface area contributed by atoms with Crippen LogP contribution >= 0.6 is 15.9 Å². The van der Waals surface area contributed by atoms with Gasteiger partial charge in [0.05, 0.1) is 18.2 Å². The lowest BCUT2D eigenvalue weighted by Gasteiger charge is -2.14. The van der Waals surface area contributed by atoms with Crippen molar-refractivity contribution in [1.82, 2.24) is 0 Å². The molecule has 4 nitrogen and oxygen atoms in total. The largest absolute Gasteiger partial charge is 0.465 e. The Hall–Kier alpha value is -2.53. The van der Waals surface area contributed by atoms with Crippen molar-refractivity contribution < 1.29 is 27.4 Å². The van der Waals surface area contributed by atoms with Crippen molar-refractivity contribution in [3.05, 3.63) is 58.9 Å². The molecule has 0 bridgehead atoms. The molecule has 136 valence electrons. The highest BCUT2D eigenvalue weighted by molar-refractivity contribution is 9.09. The van der Waals surface area contributed by atoms with Crippen LogP contribution in [0.15, 0.2) is 36.4 Å². The molecular formula is C18H13BrF3NO3. The molecule has 2 aromatic rings. The first-order valence-electron chi connectivity index (χ1n) is 7.47. The first kappa shape index (κ1) is 19.8. The van der Waals surface area contributed by atoms with Crippen LogP contribution < -0.4 is 4.74 Å². The predicted molar refractivity (Wildman–Crippen MR) is 90.9 cm³/mol. The molecule has 8 heteroatoms. The normalized spacial score (nSPS) is 11.7. The fraction of sp³-hybridized carbons (Fsp3) is 0.222. The van der Waals surface area contributed by atoms with E-state index in [1.807, 2.05) is 0 Å². The van der Waals surface area contributed by atoms with Gasteiger partial charge in [-0.15, -0.1) is 0 Å². The van der Waals surface area contributed by atoms with Crippen LogP contribution in [-0.2, 0) is 9.53 Å². The Morgan fingerprint density at radius 1 is 1.31 bits per heavy atom. The average molecular weight is 428 g/mol. The Morgan fingerprint density at radius 3 is 2.65 bits per heavy atom. The standard InChI is InChI=1S/C18H13BrF3NO3/c1-2-25-18(24)15(19)13-4-3-5-14(16(13)20)26-12-7-10(9-23)6-11(8-12)17(21)22/h3-8,15,17H,2H2,1H3. The number of esters is 1. The van der Waals surface area contributed by atoms with E-state index in [0.717, 1.165) is 12.1 Å². The Bertz CT molecular complexity index is 852. The van der Waals surface area contributed by atoms with Gasteiger partial charge in [0.25, 0.3) is 6.43 Å². The van der Waals surface area contributed by atoms with Gasteiger partial charge in [-0.05, 0) is 31.2 Å². The van der Waals surface area contributed by atoms with E-state index in [2.05, 4.69) is 15.9 Å². The topological polar surface area (TPSA) is 59.3 Å². The minimum Gasteiger partial charge on any atom is -0.465 e. The number of hydrogen-bond acceptors (Lipinski definition) is 4. The molecule has 0 saturated carbocycles. The van der Waals surface area contributed by atoms with Crippen molar-refractivity contribution in [2.75, 3.05) is 6.61 Å². The quantitative estimate of drug-likeness (QED) is 0.455. The maximum atomic E-state index is 14.7. The number of benzene rings is 2. The van der Waals surface area contributed by atoms with E-state index in [9.17, 15) is 18.0 Å². The van der Waals surface area contributed by atoms with Gasteiger partial charge in [-0.1, -0.05) is 28.1 Å². The van der Waals surface area contributed by atoms with Crippen molar-refractivity contribution in [1.29, 1.82) is 5.26 Å². The molecule has 26 heavy (non-hydrogen) atoms. The number of carbonyl (C=O) groups excluding carboxylic acids is 1. The highest BCUT2D eigenvalue weighted by atomic mass is 79.9. The Kier molecular flexibility index (Phi) is 6.64. The molecule has 0 aromatic heterocycles. The average Bonchev–Trinajstić information content (AvgIpc) is 2.62. The summed E-state index contributed by atoms with van der Waals surface area (Å²) in [7, 11) is 0. The van der Waals surface area contributed by atoms with Crippen LogP contribution in [0.5, 0.6) is 11.5 Å². The number of rotatable bonds is 6. The van der Waals surface area contributed by atoms with Crippen molar-refractivity contribution in [2.24, 2.45) is 0 Å². The fourth-order valence-corrected chi connectivity index (χ4v) is 2.63. The van der Waals surface area contributed by atoms with Gasteiger partial charge in [0, 0.05) is 11.1 Å². The molecule has 0 spiro atoms. The second kappa shape index (κ2) is 8.72. The van der Waals surface area contributed by atoms with Gasteiger partial charge < -0.3 is 9.47 Å². The lowest BCUT2D eigenvalue weighted by Crippen LogP contribution is -2.12. The van der Waals surface area contributed by atoms with E-state index >= 15 is 0 Å². The molecule has 0 heterocycles. The van der Waals surface area contributed by atoms with Crippen LogP contribution in [0.3, 0.4) is 0 Å². The molecule has 2 aromatic carbocycles. The predicted octanol–water partition coefficient (Wildman–Crippen LogP) is 5.43. The zero-order valence-corrected chi connectivity index (χ0v) is 15.1. The molecule has 0 aliphatic heterocycles. The number of halogens is 4. The lowest BCUT2D eigenvalue weighted by atomic mass is 10.1. The third-order valence-electron chi connectivity index (χ3n) is 3.30. The number of nitrogens with zero attached hydrogens (tertiary/aromatic N) is 1. The summed E-state index contributed by atoms with van der Waals surface area (Å²) < 4.78 is 50.7. The van der Waals surface area contributed by atoms with E-state index in [-0.39, 0.29) is 29.2 Å². The summed E-state index contributed by atoms with van der Waals surface area (Å²) in [6.07, 6.45) is -2.81. The van der Waals surface area contributed by atoms with Gasteiger partial charge >= 0.3 is 5.97 Å². The maximum absolute atomic E-state index is 14.7. The minimum atomic E-state index is -2.81. The molecule has 0 aliphatic rings. The third kappa shape index (κ3) is 4.55. The molecule has 1 atom stereocenters. The zero-order valence-electron chi connectivity index (χ0n) is 13.5. The number of hydrogen-bond donors (Lipinski definition) is 0. The molecular weight excluding hydrogens is 415 g/mol. The lowest BCUT2D eigenvalue weighted by molar-refractivity contribution is -0.142. The van der Waals surface area contributed by atoms with E-state index in [0.29, 0.717) is 0 Å². The molecule has 0 radical (unpaired) electrons. The number of carbonyl (C=O) groups is 1. The van der Waals surface area contributed by atoms with Crippen LogP contribution in [0.25, 0.3) is 0 Å². The van der Waals surface area contributed by atoms with Crippen molar-refractivity contribution in [3.8, 4) is 17.6 Å². The Balaban J connectivity index is 2.37. The molecule has 1 unspecified atom stereocenters. The maximum Gasteiger partial charge on any atom is 0.324 e. The molecule has 0 fully saturated rings. The van der Waals surface area contributed by atoms with E-state index in [1.54, 1.807) is 13.0 Å². The Morgan fingerprint density at radius 2 is 2.04 bits per heavy atom. The third-order valence-corrected chi connectivity index (χ3v) is 4.16. The zero-order chi connectivity index (χ0) is 19.3. The fourth-order valence-electron chi connectivity index (χ4n) is 2.14. The number of ether oxygens (including phenoxy) is 2. The summed E-state index contributed by atoms with van der Waals surface area (Å²) in [5.74, 6) is -1.90.